The van der Waals surface area contributed by atoms with Crippen molar-refractivity contribution in [2.24, 2.45) is 0 Å². The van der Waals surface area contributed by atoms with E-state index in [2.05, 4.69) is 10.2 Å². The van der Waals surface area contributed by atoms with E-state index in [0.717, 1.165) is 31.6 Å². The number of hydrogen-bond donors (Lipinski definition) is 1. The molecule has 5 nitrogen and oxygen atoms in total. The Morgan fingerprint density at radius 3 is 2.54 bits per heavy atom. The van der Waals surface area contributed by atoms with Gasteiger partial charge in [0.2, 0.25) is 5.91 Å². The van der Waals surface area contributed by atoms with Crippen molar-refractivity contribution in [2.75, 3.05) is 39.3 Å². The number of aryl methyl sites for hydroxylation is 1. The Labute approximate surface area is 149 Å². The van der Waals surface area contributed by atoms with Crippen molar-refractivity contribution in [3.63, 3.8) is 0 Å². The summed E-state index contributed by atoms with van der Waals surface area (Å²) in [6.07, 6.45) is 1.46. The average molecular weight is 352 g/mol. The normalized spacial score (nSPS) is 15.4. The Bertz CT molecular complexity index is 584. The van der Waals surface area contributed by atoms with Crippen LogP contribution in [0.3, 0.4) is 0 Å². The van der Waals surface area contributed by atoms with Gasteiger partial charge in [-0.05, 0) is 31.0 Å². The zero-order valence-corrected chi connectivity index (χ0v) is 15.2. The highest BCUT2D eigenvalue weighted by atomic mass is 35.5. The summed E-state index contributed by atoms with van der Waals surface area (Å²) in [5.41, 5.74) is 1.62. The Hall–Kier alpha value is -1.59. The number of nitrogens with one attached hydrogen (secondary N) is 1. The maximum atomic E-state index is 12.5. The molecule has 0 atom stereocenters. The molecule has 2 rings (SSSR count). The van der Waals surface area contributed by atoms with Crippen LogP contribution in [-0.2, 0) is 4.79 Å². The average Bonchev–Trinajstić information content (AvgIpc) is 2.57. The van der Waals surface area contributed by atoms with Crippen LogP contribution in [0.2, 0.25) is 5.02 Å². The highest BCUT2D eigenvalue weighted by molar-refractivity contribution is 6.31. The largest absolute Gasteiger partial charge is 0.355 e. The van der Waals surface area contributed by atoms with E-state index in [9.17, 15) is 9.59 Å². The summed E-state index contributed by atoms with van der Waals surface area (Å²) in [4.78, 5) is 28.1. The van der Waals surface area contributed by atoms with Crippen LogP contribution in [0.4, 0.5) is 0 Å². The molecule has 6 heteroatoms. The maximum absolute atomic E-state index is 12.5. The number of carbonyl (C=O) groups excluding carboxylic acids is 2. The second-order valence-electron chi connectivity index (χ2n) is 6.20. The molecule has 0 unspecified atom stereocenters. The number of rotatable bonds is 6. The molecule has 0 radical (unpaired) electrons. The summed E-state index contributed by atoms with van der Waals surface area (Å²) in [7, 11) is 0. The van der Waals surface area contributed by atoms with E-state index in [1.165, 1.54) is 0 Å². The Balaban J connectivity index is 1.76. The molecular weight excluding hydrogens is 326 g/mol. The topological polar surface area (TPSA) is 52.7 Å². The van der Waals surface area contributed by atoms with Crippen molar-refractivity contribution < 1.29 is 9.59 Å². The van der Waals surface area contributed by atoms with E-state index in [1.807, 2.05) is 30.9 Å². The predicted octanol–water partition coefficient (Wildman–Crippen LogP) is 2.32. The summed E-state index contributed by atoms with van der Waals surface area (Å²) in [5.74, 6) is 0.148. The fraction of sp³-hybridized carbons (Fsp3) is 0.556. The van der Waals surface area contributed by atoms with E-state index in [4.69, 9.17) is 11.6 Å². The predicted molar refractivity (Wildman–Crippen MR) is 96.5 cm³/mol. The maximum Gasteiger partial charge on any atom is 0.253 e. The van der Waals surface area contributed by atoms with Crippen molar-refractivity contribution in [3.8, 4) is 0 Å². The van der Waals surface area contributed by atoms with Gasteiger partial charge in [0.1, 0.15) is 0 Å². The summed E-state index contributed by atoms with van der Waals surface area (Å²) >= 11 is 6.11. The molecule has 1 N–H and O–H groups in total. The number of nitrogens with zero attached hydrogens (tertiary/aromatic N) is 2. The van der Waals surface area contributed by atoms with Crippen LogP contribution in [0.25, 0.3) is 0 Å². The number of amides is 2. The van der Waals surface area contributed by atoms with E-state index < -0.39 is 0 Å². The lowest BCUT2D eigenvalue weighted by atomic mass is 10.1. The lowest BCUT2D eigenvalue weighted by Gasteiger charge is -2.34. The van der Waals surface area contributed by atoms with Crippen LogP contribution in [0.5, 0.6) is 0 Å². The standard InChI is InChI=1S/C18H26ClN3O2/c1-3-4-17(23)20-7-8-21-9-11-22(12-10-21)18(24)15-6-5-14(2)16(19)13-15/h5-6,13H,3-4,7-12H2,1-2H3,(H,20,23). The minimum absolute atomic E-state index is 0.0350. The molecular formula is C18H26ClN3O2. The Morgan fingerprint density at radius 1 is 1.21 bits per heavy atom. The van der Waals surface area contributed by atoms with E-state index in [1.54, 1.807) is 6.07 Å². The molecule has 0 bridgehead atoms. The van der Waals surface area contributed by atoms with Crippen LogP contribution in [0.1, 0.15) is 35.7 Å². The molecule has 1 aliphatic heterocycles. The summed E-state index contributed by atoms with van der Waals surface area (Å²) < 4.78 is 0. The summed E-state index contributed by atoms with van der Waals surface area (Å²) in [6.45, 7) is 8.48. The van der Waals surface area contributed by atoms with Crippen molar-refractivity contribution >= 4 is 23.4 Å². The van der Waals surface area contributed by atoms with Gasteiger partial charge in [-0.1, -0.05) is 24.6 Å². The van der Waals surface area contributed by atoms with Gasteiger partial charge in [0.05, 0.1) is 0 Å². The lowest BCUT2D eigenvalue weighted by Crippen LogP contribution is -2.50. The first-order valence-corrected chi connectivity index (χ1v) is 8.93. The SMILES string of the molecule is CCCC(=O)NCCN1CCN(C(=O)c2ccc(C)c(Cl)c2)CC1. The van der Waals surface area contributed by atoms with E-state index in [0.29, 0.717) is 36.6 Å². The van der Waals surface area contributed by atoms with Gasteiger partial charge in [0, 0.05) is 56.3 Å². The third kappa shape index (κ3) is 5.21. The molecule has 1 aromatic rings. The van der Waals surface area contributed by atoms with Gasteiger partial charge < -0.3 is 10.2 Å². The number of carbonyl (C=O) groups is 2. The number of piperazine rings is 1. The quantitative estimate of drug-likeness (QED) is 0.855. The monoisotopic (exact) mass is 351 g/mol. The molecule has 0 aliphatic carbocycles. The smallest absolute Gasteiger partial charge is 0.253 e. The van der Waals surface area contributed by atoms with Gasteiger partial charge in [0.25, 0.3) is 5.91 Å². The molecule has 1 fully saturated rings. The van der Waals surface area contributed by atoms with Gasteiger partial charge in [0.15, 0.2) is 0 Å². The first-order chi connectivity index (χ1) is 11.5. The van der Waals surface area contributed by atoms with Crippen LogP contribution in [0, 0.1) is 6.92 Å². The molecule has 1 heterocycles. The molecule has 24 heavy (non-hydrogen) atoms. The molecule has 1 aliphatic rings. The molecule has 0 spiro atoms. The van der Waals surface area contributed by atoms with E-state index >= 15 is 0 Å². The molecule has 1 aromatic carbocycles. The third-order valence-corrected chi connectivity index (χ3v) is 4.71. The highest BCUT2D eigenvalue weighted by Crippen LogP contribution is 2.18. The Morgan fingerprint density at radius 2 is 1.92 bits per heavy atom. The second-order valence-corrected chi connectivity index (χ2v) is 6.60. The number of hydrogen-bond acceptors (Lipinski definition) is 3. The van der Waals surface area contributed by atoms with Crippen molar-refractivity contribution in [3.05, 3.63) is 34.3 Å². The summed E-state index contributed by atoms with van der Waals surface area (Å²) in [6, 6.07) is 5.46. The van der Waals surface area contributed by atoms with Crippen molar-refractivity contribution in [1.29, 1.82) is 0 Å². The van der Waals surface area contributed by atoms with Crippen LogP contribution in [0.15, 0.2) is 18.2 Å². The molecule has 2 amide bonds. The Kier molecular flexibility index (Phi) is 7.06. The van der Waals surface area contributed by atoms with Crippen LogP contribution in [-0.4, -0.2) is 60.9 Å². The highest BCUT2D eigenvalue weighted by Gasteiger charge is 2.22. The second kappa shape index (κ2) is 9.04. The minimum Gasteiger partial charge on any atom is -0.355 e. The fourth-order valence-corrected chi connectivity index (χ4v) is 2.93. The summed E-state index contributed by atoms with van der Waals surface area (Å²) in [5, 5.41) is 3.55. The minimum atomic E-state index is 0.0350. The molecule has 0 saturated carbocycles. The molecule has 132 valence electrons. The van der Waals surface area contributed by atoms with Gasteiger partial charge in [-0.2, -0.15) is 0 Å². The molecule has 0 aromatic heterocycles. The van der Waals surface area contributed by atoms with Gasteiger partial charge in [-0.3, -0.25) is 14.5 Å². The first kappa shape index (κ1) is 18.7. The van der Waals surface area contributed by atoms with Gasteiger partial charge in [-0.25, -0.2) is 0 Å². The number of benzene rings is 1. The van der Waals surface area contributed by atoms with E-state index in [-0.39, 0.29) is 11.8 Å². The fourth-order valence-electron chi connectivity index (χ4n) is 2.75. The van der Waals surface area contributed by atoms with Crippen LogP contribution < -0.4 is 5.32 Å². The van der Waals surface area contributed by atoms with Crippen LogP contribution >= 0.6 is 11.6 Å². The lowest BCUT2D eigenvalue weighted by molar-refractivity contribution is -0.121. The van der Waals surface area contributed by atoms with Crippen molar-refractivity contribution in [2.45, 2.75) is 26.7 Å². The molecule has 1 saturated heterocycles. The third-order valence-electron chi connectivity index (χ3n) is 4.31. The first-order valence-electron chi connectivity index (χ1n) is 8.55. The number of halogens is 1. The van der Waals surface area contributed by atoms with Gasteiger partial charge >= 0.3 is 0 Å². The van der Waals surface area contributed by atoms with Gasteiger partial charge in [-0.15, -0.1) is 0 Å². The zero-order chi connectivity index (χ0) is 17.5. The van der Waals surface area contributed by atoms with Crippen molar-refractivity contribution in [1.82, 2.24) is 15.1 Å². The zero-order valence-electron chi connectivity index (χ0n) is 14.5.